The second kappa shape index (κ2) is 10.6. The van der Waals surface area contributed by atoms with Gasteiger partial charge in [0.1, 0.15) is 0 Å². The van der Waals surface area contributed by atoms with Crippen molar-refractivity contribution in [3.05, 3.63) is 53.6 Å². The fraction of sp³-hybridized carbons (Fsp3) is 0.458. The Hall–Kier alpha value is -2.46. The van der Waals surface area contributed by atoms with Gasteiger partial charge in [-0.1, -0.05) is 29.8 Å². The first-order chi connectivity index (χ1) is 15.9. The van der Waals surface area contributed by atoms with Gasteiger partial charge in [0.2, 0.25) is 15.9 Å². The summed E-state index contributed by atoms with van der Waals surface area (Å²) in [4.78, 5) is 15.1. The number of aryl methyl sites for hydroxylation is 1. The van der Waals surface area contributed by atoms with E-state index in [1.54, 1.807) is 12.1 Å². The largest absolute Gasteiger partial charge is 0.379 e. The molecule has 33 heavy (non-hydrogen) atoms. The standard InChI is InChI=1S/C24H32N4O4S/c1-19-4-6-20(7-5-19)17-25-18-24(29)26-22-16-21(8-9-23(22)27-10-2-3-11-27)33(30,31)28-12-14-32-15-13-28/h4-9,16,25H,2-3,10-15,17-18H2,1H3,(H,26,29). The molecule has 2 fully saturated rings. The maximum atomic E-state index is 13.1. The molecule has 0 bridgehead atoms. The summed E-state index contributed by atoms with van der Waals surface area (Å²) in [5.41, 5.74) is 3.69. The minimum Gasteiger partial charge on any atom is -0.379 e. The molecule has 2 saturated heterocycles. The Bertz CT molecular complexity index is 1060. The van der Waals surface area contributed by atoms with Crippen molar-refractivity contribution < 1.29 is 17.9 Å². The lowest BCUT2D eigenvalue weighted by atomic mass is 10.1. The van der Waals surface area contributed by atoms with Gasteiger partial charge in [-0.25, -0.2) is 8.42 Å². The Balaban J connectivity index is 1.48. The molecule has 9 heteroatoms. The van der Waals surface area contributed by atoms with Crippen LogP contribution in [0.2, 0.25) is 0 Å². The summed E-state index contributed by atoms with van der Waals surface area (Å²) in [5, 5.41) is 6.11. The summed E-state index contributed by atoms with van der Waals surface area (Å²) < 4.78 is 33.0. The third-order valence-electron chi connectivity index (χ3n) is 6.03. The molecule has 2 aliphatic rings. The molecule has 2 aromatic rings. The number of morpholine rings is 1. The van der Waals surface area contributed by atoms with Crippen LogP contribution in [0.3, 0.4) is 0 Å². The van der Waals surface area contributed by atoms with E-state index in [1.165, 1.54) is 9.87 Å². The topological polar surface area (TPSA) is 91.0 Å². The highest BCUT2D eigenvalue weighted by molar-refractivity contribution is 7.89. The summed E-state index contributed by atoms with van der Waals surface area (Å²) in [5.74, 6) is -0.205. The molecule has 0 radical (unpaired) electrons. The molecule has 0 unspecified atom stereocenters. The predicted octanol–water partition coefficient (Wildman–Crippen LogP) is 2.34. The zero-order valence-electron chi connectivity index (χ0n) is 19.0. The van der Waals surface area contributed by atoms with E-state index in [-0.39, 0.29) is 17.3 Å². The van der Waals surface area contributed by atoms with Crippen LogP contribution in [0.4, 0.5) is 11.4 Å². The predicted molar refractivity (Wildman–Crippen MR) is 129 cm³/mol. The second-order valence-electron chi connectivity index (χ2n) is 8.53. The molecule has 2 heterocycles. The van der Waals surface area contributed by atoms with Gasteiger partial charge < -0.3 is 20.3 Å². The summed E-state index contributed by atoms with van der Waals surface area (Å²) in [6.07, 6.45) is 2.17. The minimum absolute atomic E-state index is 0.133. The molecule has 0 atom stereocenters. The number of benzene rings is 2. The van der Waals surface area contributed by atoms with E-state index in [4.69, 9.17) is 4.74 Å². The summed E-state index contributed by atoms with van der Waals surface area (Å²) in [6, 6.07) is 13.2. The van der Waals surface area contributed by atoms with Crippen LogP contribution >= 0.6 is 0 Å². The van der Waals surface area contributed by atoms with Crippen LogP contribution in [0.15, 0.2) is 47.4 Å². The van der Waals surface area contributed by atoms with Crippen LogP contribution in [-0.4, -0.2) is 64.6 Å². The van der Waals surface area contributed by atoms with Crippen LogP contribution < -0.4 is 15.5 Å². The average Bonchev–Trinajstić information content (AvgIpc) is 3.36. The number of amides is 1. The van der Waals surface area contributed by atoms with Gasteiger partial charge in [0, 0.05) is 32.7 Å². The molecule has 1 amide bonds. The quantitative estimate of drug-likeness (QED) is 0.613. The van der Waals surface area contributed by atoms with Gasteiger partial charge in [0.25, 0.3) is 0 Å². The van der Waals surface area contributed by atoms with Gasteiger partial charge in [-0.2, -0.15) is 4.31 Å². The SMILES string of the molecule is Cc1ccc(CNCC(=O)Nc2cc(S(=O)(=O)N3CCOCC3)ccc2N2CCCC2)cc1. The fourth-order valence-corrected chi connectivity index (χ4v) is 5.60. The number of hydrogen-bond donors (Lipinski definition) is 2. The Morgan fingerprint density at radius 2 is 1.70 bits per heavy atom. The van der Waals surface area contributed by atoms with Gasteiger partial charge >= 0.3 is 0 Å². The number of carbonyl (C=O) groups is 1. The van der Waals surface area contributed by atoms with E-state index >= 15 is 0 Å². The fourth-order valence-electron chi connectivity index (χ4n) is 4.17. The Morgan fingerprint density at radius 1 is 1.00 bits per heavy atom. The number of nitrogens with zero attached hydrogens (tertiary/aromatic N) is 2. The molecule has 2 N–H and O–H groups in total. The number of nitrogens with one attached hydrogen (secondary N) is 2. The molecule has 0 saturated carbocycles. The lowest BCUT2D eigenvalue weighted by molar-refractivity contribution is -0.115. The van der Waals surface area contributed by atoms with Crippen molar-refractivity contribution in [1.29, 1.82) is 0 Å². The van der Waals surface area contributed by atoms with Crippen molar-refractivity contribution in [2.24, 2.45) is 0 Å². The second-order valence-corrected chi connectivity index (χ2v) is 10.5. The van der Waals surface area contributed by atoms with Crippen LogP contribution in [0.5, 0.6) is 0 Å². The highest BCUT2D eigenvalue weighted by Crippen LogP contribution is 2.32. The van der Waals surface area contributed by atoms with Crippen molar-refractivity contribution in [2.75, 3.05) is 56.2 Å². The van der Waals surface area contributed by atoms with E-state index in [2.05, 4.69) is 15.5 Å². The van der Waals surface area contributed by atoms with Gasteiger partial charge in [-0.3, -0.25) is 4.79 Å². The highest BCUT2D eigenvalue weighted by atomic mass is 32.2. The molecule has 8 nitrogen and oxygen atoms in total. The highest BCUT2D eigenvalue weighted by Gasteiger charge is 2.28. The number of hydrogen-bond acceptors (Lipinski definition) is 6. The summed E-state index contributed by atoms with van der Waals surface area (Å²) in [7, 11) is -3.65. The van der Waals surface area contributed by atoms with Crippen molar-refractivity contribution in [2.45, 2.75) is 31.2 Å². The first-order valence-corrected chi connectivity index (χ1v) is 12.9. The summed E-state index contributed by atoms with van der Waals surface area (Å²) >= 11 is 0. The van der Waals surface area contributed by atoms with E-state index in [0.29, 0.717) is 38.5 Å². The number of rotatable bonds is 8. The third-order valence-corrected chi connectivity index (χ3v) is 7.93. The zero-order valence-corrected chi connectivity index (χ0v) is 19.9. The van der Waals surface area contributed by atoms with Gasteiger partial charge in [0.15, 0.2) is 0 Å². The van der Waals surface area contributed by atoms with Gasteiger partial charge in [-0.05, 0) is 43.5 Å². The molecule has 4 rings (SSSR count). The van der Waals surface area contributed by atoms with Crippen molar-refractivity contribution in [3.8, 4) is 0 Å². The molecule has 2 aliphatic heterocycles. The molecular formula is C24H32N4O4S. The van der Waals surface area contributed by atoms with E-state index in [9.17, 15) is 13.2 Å². The molecule has 0 aromatic heterocycles. The van der Waals surface area contributed by atoms with Gasteiger partial charge in [-0.15, -0.1) is 0 Å². The molecule has 0 spiro atoms. The van der Waals surface area contributed by atoms with Crippen molar-refractivity contribution in [3.63, 3.8) is 0 Å². The molecule has 2 aromatic carbocycles. The number of anilines is 2. The van der Waals surface area contributed by atoms with Crippen LogP contribution in [0.1, 0.15) is 24.0 Å². The molecule has 178 valence electrons. The van der Waals surface area contributed by atoms with Crippen LogP contribution in [0.25, 0.3) is 0 Å². The smallest absolute Gasteiger partial charge is 0.243 e. The van der Waals surface area contributed by atoms with Gasteiger partial charge in [0.05, 0.1) is 36.0 Å². The maximum absolute atomic E-state index is 13.1. The first kappa shape index (κ1) is 23.7. The lowest BCUT2D eigenvalue weighted by Gasteiger charge is -2.27. The summed E-state index contributed by atoms with van der Waals surface area (Å²) in [6.45, 7) is 5.99. The Kier molecular flexibility index (Phi) is 7.64. The maximum Gasteiger partial charge on any atom is 0.243 e. The van der Waals surface area contributed by atoms with Crippen molar-refractivity contribution in [1.82, 2.24) is 9.62 Å². The monoisotopic (exact) mass is 472 g/mol. The minimum atomic E-state index is -3.65. The Morgan fingerprint density at radius 3 is 2.39 bits per heavy atom. The molecular weight excluding hydrogens is 440 g/mol. The van der Waals surface area contributed by atoms with Crippen LogP contribution in [-0.2, 0) is 26.1 Å². The normalized spacial score (nSPS) is 17.3. The van der Waals surface area contributed by atoms with E-state index in [0.717, 1.165) is 37.2 Å². The average molecular weight is 473 g/mol. The first-order valence-electron chi connectivity index (χ1n) is 11.5. The number of carbonyl (C=O) groups excluding carboxylic acids is 1. The number of ether oxygens (including phenoxy) is 1. The van der Waals surface area contributed by atoms with Crippen LogP contribution in [0, 0.1) is 6.92 Å². The van der Waals surface area contributed by atoms with Crippen molar-refractivity contribution >= 4 is 27.3 Å². The van der Waals surface area contributed by atoms with E-state index in [1.807, 2.05) is 37.3 Å². The Labute approximate surface area is 196 Å². The number of sulfonamides is 1. The lowest BCUT2D eigenvalue weighted by Crippen LogP contribution is -2.40. The van der Waals surface area contributed by atoms with E-state index < -0.39 is 10.0 Å². The zero-order chi connectivity index (χ0) is 23.3. The molecule has 0 aliphatic carbocycles. The third kappa shape index (κ3) is 5.92.